The van der Waals surface area contributed by atoms with Crippen molar-refractivity contribution < 1.29 is 5.11 Å². The van der Waals surface area contributed by atoms with Gasteiger partial charge in [0.2, 0.25) is 0 Å². The molecule has 4 nitrogen and oxygen atoms in total. The molecule has 1 aliphatic rings. The van der Waals surface area contributed by atoms with Gasteiger partial charge < -0.3 is 5.11 Å². The number of halogens is 2. The number of aromatic nitrogens is 3. The smallest absolute Gasteiger partial charge is 0.155 e. The van der Waals surface area contributed by atoms with Gasteiger partial charge in [0.15, 0.2) is 5.15 Å². The summed E-state index contributed by atoms with van der Waals surface area (Å²) in [5.74, 6) is 1.23. The van der Waals surface area contributed by atoms with E-state index in [1.54, 1.807) is 6.20 Å². The number of nitrogens with zero attached hydrogens (tertiary/aromatic N) is 3. The molecule has 2 heterocycles. The van der Waals surface area contributed by atoms with E-state index in [4.69, 9.17) is 11.6 Å². The van der Waals surface area contributed by atoms with E-state index in [0.29, 0.717) is 9.76 Å². The van der Waals surface area contributed by atoms with Crippen LogP contribution in [-0.4, -0.2) is 25.1 Å². The predicted octanol–water partition coefficient (Wildman–Crippen LogP) is 3.16. The fourth-order valence-electron chi connectivity index (χ4n) is 2.60. The Morgan fingerprint density at radius 2 is 2.33 bits per heavy atom. The Morgan fingerprint density at radius 3 is 3.00 bits per heavy atom. The molecule has 1 saturated carbocycles. The van der Waals surface area contributed by atoms with Crippen LogP contribution in [0.15, 0.2) is 17.0 Å². The zero-order valence-electron chi connectivity index (χ0n) is 9.90. The summed E-state index contributed by atoms with van der Waals surface area (Å²) >= 11 is 9.49. The number of fused-ring (bicyclic) bond motifs is 1. The summed E-state index contributed by atoms with van der Waals surface area (Å²) in [5.41, 5.74) is 0.279. The van der Waals surface area contributed by atoms with Gasteiger partial charge in [-0.3, -0.25) is 4.40 Å². The maximum atomic E-state index is 10.1. The molecule has 0 bridgehead atoms. The Kier molecular flexibility index (Phi) is 2.88. The summed E-state index contributed by atoms with van der Waals surface area (Å²) in [6.07, 6.45) is 5.83. The van der Waals surface area contributed by atoms with Gasteiger partial charge in [-0.25, -0.2) is 9.97 Å². The SMILES string of the molecule is CCC1(O)CC(c2nc(Br)c3c(Cl)nccn23)C1. The fourth-order valence-corrected chi connectivity index (χ4v) is 3.51. The molecular formula is C12H13BrClN3O. The highest BCUT2D eigenvalue weighted by atomic mass is 79.9. The van der Waals surface area contributed by atoms with Gasteiger partial charge in [-0.2, -0.15) is 0 Å². The second-order valence-corrected chi connectivity index (χ2v) is 5.99. The minimum Gasteiger partial charge on any atom is -0.390 e. The van der Waals surface area contributed by atoms with Gasteiger partial charge in [0, 0.05) is 18.3 Å². The van der Waals surface area contributed by atoms with Gasteiger partial charge in [0.1, 0.15) is 15.9 Å². The van der Waals surface area contributed by atoms with Gasteiger partial charge in [0.25, 0.3) is 0 Å². The van der Waals surface area contributed by atoms with Crippen LogP contribution in [0.3, 0.4) is 0 Å². The highest BCUT2D eigenvalue weighted by molar-refractivity contribution is 9.10. The van der Waals surface area contributed by atoms with Crippen molar-refractivity contribution in [2.45, 2.75) is 37.7 Å². The van der Waals surface area contributed by atoms with E-state index in [0.717, 1.165) is 30.6 Å². The molecule has 0 atom stereocenters. The van der Waals surface area contributed by atoms with Crippen molar-refractivity contribution in [2.75, 3.05) is 0 Å². The van der Waals surface area contributed by atoms with Crippen LogP contribution in [0.5, 0.6) is 0 Å². The van der Waals surface area contributed by atoms with E-state index in [1.165, 1.54) is 0 Å². The highest BCUT2D eigenvalue weighted by Crippen LogP contribution is 2.46. The molecule has 0 aromatic carbocycles. The quantitative estimate of drug-likeness (QED) is 0.920. The molecule has 3 rings (SSSR count). The van der Waals surface area contributed by atoms with Crippen LogP contribution in [-0.2, 0) is 0 Å². The van der Waals surface area contributed by atoms with Crippen molar-refractivity contribution in [1.82, 2.24) is 14.4 Å². The zero-order valence-corrected chi connectivity index (χ0v) is 12.2. The van der Waals surface area contributed by atoms with Crippen molar-refractivity contribution in [3.05, 3.63) is 28.0 Å². The first-order valence-electron chi connectivity index (χ1n) is 5.94. The first-order valence-corrected chi connectivity index (χ1v) is 7.11. The Bertz CT molecular complexity index is 607. The molecule has 0 saturated heterocycles. The first kappa shape index (κ1) is 12.4. The predicted molar refractivity (Wildman–Crippen MR) is 72.9 cm³/mol. The third-order valence-corrected chi connectivity index (χ3v) is 4.60. The molecule has 6 heteroatoms. The minimum atomic E-state index is -0.514. The lowest BCUT2D eigenvalue weighted by molar-refractivity contribution is -0.0536. The van der Waals surface area contributed by atoms with Crippen LogP contribution in [0, 0.1) is 0 Å². The number of hydrogen-bond acceptors (Lipinski definition) is 3. The maximum absolute atomic E-state index is 10.1. The third-order valence-electron chi connectivity index (χ3n) is 3.77. The van der Waals surface area contributed by atoms with Crippen molar-refractivity contribution in [3.63, 3.8) is 0 Å². The first-order chi connectivity index (χ1) is 8.54. The van der Waals surface area contributed by atoms with Gasteiger partial charge >= 0.3 is 0 Å². The number of aliphatic hydroxyl groups is 1. The van der Waals surface area contributed by atoms with E-state index in [9.17, 15) is 5.11 Å². The molecule has 1 fully saturated rings. The molecular weight excluding hydrogens is 318 g/mol. The monoisotopic (exact) mass is 329 g/mol. The van der Waals surface area contributed by atoms with Crippen LogP contribution in [0.2, 0.25) is 5.15 Å². The van der Waals surface area contributed by atoms with E-state index < -0.39 is 5.60 Å². The van der Waals surface area contributed by atoms with Gasteiger partial charge in [0.05, 0.1) is 5.60 Å². The molecule has 18 heavy (non-hydrogen) atoms. The van der Waals surface area contributed by atoms with Crippen molar-refractivity contribution in [2.24, 2.45) is 0 Å². The summed E-state index contributed by atoms with van der Waals surface area (Å²) in [5, 5.41) is 10.5. The molecule has 1 aliphatic carbocycles. The molecule has 0 unspecified atom stereocenters. The number of imidazole rings is 1. The average Bonchev–Trinajstić information content (AvgIpc) is 2.64. The van der Waals surface area contributed by atoms with Crippen LogP contribution in [0.1, 0.15) is 37.9 Å². The Balaban J connectivity index is 2.02. The van der Waals surface area contributed by atoms with Crippen molar-refractivity contribution in [1.29, 1.82) is 0 Å². The van der Waals surface area contributed by atoms with E-state index in [1.807, 2.05) is 17.5 Å². The van der Waals surface area contributed by atoms with Crippen LogP contribution in [0.4, 0.5) is 0 Å². The number of hydrogen-bond donors (Lipinski definition) is 1. The number of rotatable bonds is 2. The minimum absolute atomic E-state index is 0.284. The van der Waals surface area contributed by atoms with Crippen molar-refractivity contribution in [3.8, 4) is 0 Å². The topological polar surface area (TPSA) is 50.4 Å². The van der Waals surface area contributed by atoms with Crippen molar-refractivity contribution >= 4 is 33.0 Å². The summed E-state index contributed by atoms with van der Waals surface area (Å²) in [6.45, 7) is 2.01. The lowest BCUT2D eigenvalue weighted by atomic mass is 9.69. The maximum Gasteiger partial charge on any atom is 0.155 e. The van der Waals surface area contributed by atoms with E-state index in [2.05, 4.69) is 25.9 Å². The zero-order chi connectivity index (χ0) is 12.9. The van der Waals surface area contributed by atoms with E-state index in [-0.39, 0.29) is 5.92 Å². The summed E-state index contributed by atoms with van der Waals surface area (Å²) in [7, 11) is 0. The standard InChI is InChI=1S/C12H13BrClN3O/c1-2-12(18)5-7(6-12)11-16-9(13)8-10(14)15-3-4-17(8)11/h3-4,7,18H,2,5-6H2,1H3. The highest BCUT2D eigenvalue weighted by Gasteiger charge is 2.43. The average molecular weight is 331 g/mol. The van der Waals surface area contributed by atoms with Crippen LogP contribution >= 0.6 is 27.5 Å². The lowest BCUT2D eigenvalue weighted by Crippen LogP contribution is -2.42. The van der Waals surface area contributed by atoms with Gasteiger partial charge in [-0.05, 0) is 35.2 Å². The van der Waals surface area contributed by atoms with Crippen LogP contribution in [0.25, 0.3) is 5.52 Å². The second kappa shape index (κ2) is 4.18. The van der Waals surface area contributed by atoms with Gasteiger partial charge in [-0.15, -0.1) is 0 Å². The second-order valence-electron chi connectivity index (χ2n) is 4.88. The largest absolute Gasteiger partial charge is 0.390 e. The fraction of sp³-hybridized carbons (Fsp3) is 0.500. The molecule has 2 aromatic heterocycles. The lowest BCUT2D eigenvalue weighted by Gasteiger charge is -2.42. The molecule has 1 N–H and O–H groups in total. The third kappa shape index (κ3) is 1.76. The summed E-state index contributed by atoms with van der Waals surface area (Å²) in [6, 6.07) is 0. The van der Waals surface area contributed by atoms with Crippen LogP contribution < -0.4 is 0 Å². The van der Waals surface area contributed by atoms with Gasteiger partial charge in [-0.1, -0.05) is 18.5 Å². The normalized spacial score (nSPS) is 27.4. The van der Waals surface area contributed by atoms with E-state index >= 15 is 0 Å². The molecule has 0 amide bonds. The summed E-state index contributed by atoms with van der Waals surface area (Å²) in [4.78, 5) is 8.57. The molecule has 2 aromatic rings. The molecule has 96 valence electrons. The Morgan fingerprint density at radius 1 is 1.61 bits per heavy atom. The molecule has 0 radical (unpaired) electrons. The summed E-state index contributed by atoms with van der Waals surface area (Å²) < 4.78 is 2.67. The molecule has 0 aliphatic heterocycles. The Hall–Kier alpha value is -0.650. The molecule has 0 spiro atoms. The Labute approximate surface area is 118 Å².